The second-order valence-electron chi connectivity index (χ2n) is 10.1. The number of nitrogens with zero attached hydrogens (tertiary/aromatic N) is 7. The molecule has 0 saturated carbocycles. The molecule has 0 bridgehead atoms. The van der Waals surface area contributed by atoms with E-state index in [1.54, 1.807) is 11.7 Å². The smallest absolute Gasteiger partial charge is 0.333 e. The van der Waals surface area contributed by atoms with Gasteiger partial charge in [0.05, 0.1) is 19.2 Å². The number of ether oxygens (including phenoxy) is 1. The lowest BCUT2D eigenvalue weighted by molar-refractivity contribution is 0.186. The molecular formula is C31H30N8O3. The number of aromatic amines is 1. The first-order valence-electron chi connectivity index (χ1n) is 13.7. The Morgan fingerprint density at radius 1 is 0.905 bits per heavy atom. The minimum absolute atomic E-state index is 0.276. The number of imidazole rings is 1. The summed E-state index contributed by atoms with van der Waals surface area (Å²) in [6.07, 6.45) is 0. The number of methoxy groups -OCH3 is 1. The standard InChI is InChI=1S/C31H30N8O3/c1-20(23-9-5-4-6-10-23)39-30(40)27-29(37(31(39)41)17-18-42-3)32-21(2)38(27)19-22-13-15-24(16-14-22)25-11-7-8-12-26(25)28-33-35-36-34-28/h4-16,20H,17-19H2,1-3H3,(H,33,34,35,36). The largest absolute Gasteiger partial charge is 0.383 e. The lowest BCUT2D eigenvalue weighted by Gasteiger charge is -2.18. The Kier molecular flexibility index (Phi) is 7.32. The van der Waals surface area contributed by atoms with E-state index in [-0.39, 0.29) is 12.1 Å². The monoisotopic (exact) mass is 562 g/mol. The van der Waals surface area contributed by atoms with E-state index in [2.05, 4.69) is 20.6 Å². The van der Waals surface area contributed by atoms with Crippen LogP contribution in [0.5, 0.6) is 0 Å². The second kappa shape index (κ2) is 11.4. The van der Waals surface area contributed by atoms with Crippen molar-refractivity contribution in [2.45, 2.75) is 33.0 Å². The molecule has 0 saturated heterocycles. The molecule has 42 heavy (non-hydrogen) atoms. The summed E-state index contributed by atoms with van der Waals surface area (Å²) in [4.78, 5) is 32.4. The molecule has 1 N–H and O–H groups in total. The third-order valence-corrected chi connectivity index (χ3v) is 7.56. The summed E-state index contributed by atoms with van der Waals surface area (Å²) in [7, 11) is 1.58. The highest BCUT2D eigenvalue weighted by Gasteiger charge is 2.23. The van der Waals surface area contributed by atoms with Crippen LogP contribution in [-0.4, -0.2) is 53.0 Å². The number of aryl methyl sites for hydroxylation is 1. The summed E-state index contributed by atoms with van der Waals surface area (Å²) in [5.74, 6) is 1.17. The quantitative estimate of drug-likeness (QED) is 0.284. The number of rotatable bonds is 9. The summed E-state index contributed by atoms with van der Waals surface area (Å²) in [5, 5.41) is 14.5. The van der Waals surface area contributed by atoms with Crippen molar-refractivity contribution >= 4 is 11.2 Å². The maximum atomic E-state index is 14.0. The summed E-state index contributed by atoms with van der Waals surface area (Å²) in [5.41, 5.74) is 4.68. The third-order valence-electron chi connectivity index (χ3n) is 7.56. The van der Waals surface area contributed by atoms with Crippen LogP contribution in [0.15, 0.2) is 88.5 Å². The van der Waals surface area contributed by atoms with Crippen LogP contribution in [0.1, 0.15) is 29.9 Å². The molecule has 0 aliphatic carbocycles. The Hall–Kier alpha value is -5.16. The van der Waals surface area contributed by atoms with Gasteiger partial charge in [0.15, 0.2) is 11.2 Å². The van der Waals surface area contributed by atoms with Gasteiger partial charge in [0.1, 0.15) is 5.82 Å². The van der Waals surface area contributed by atoms with E-state index in [0.29, 0.717) is 36.0 Å². The van der Waals surface area contributed by atoms with E-state index in [4.69, 9.17) is 9.72 Å². The zero-order chi connectivity index (χ0) is 29.2. The van der Waals surface area contributed by atoms with Crippen molar-refractivity contribution in [1.82, 2.24) is 39.3 Å². The molecule has 0 aliphatic heterocycles. The lowest BCUT2D eigenvalue weighted by Crippen LogP contribution is -2.43. The van der Waals surface area contributed by atoms with Crippen molar-refractivity contribution in [2.24, 2.45) is 0 Å². The van der Waals surface area contributed by atoms with E-state index in [0.717, 1.165) is 27.8 Å². The van der Waals surface area contributed by atoms with E-state index < -0.39 is 11.7 Å². The summed E-state index contributed by atoms with van der Waals surface area (Å²) in [6, 6.07) is 25.1. The first-order valence-corrected chi connectivity index (χ1v) is 13.7. The Balaban J connectivity index is 1.43. The molecule has 0 spiro atoms. The van der Waals surface area contributed by atoms with Crippen LogP contribution >= 0.6 is 0 Å². The Labute approximate surface area is 241 Å². The maximum absolute atomic E-state index is 14.0. The van der Waals surface area contributed by atoms with Crippen molar-refractivity contribution in [3.05, 3.63) is 117 Å². The first kappa shape index (κ1) is 27.0. The van der Waals surface area contributed by atoms with Gasteiger partial charge in [-0.3, -0.25) is 13.9 Å². The molecule has 1 unspecified atom stereocenters. The van der Waals surface area contributed by atoms with Gasteiger partial charge in [0, 0.05) is 19.2 Å². The van der Waals surface area contributed by atoms with Gasteiger partial charge in [-0.1, -0.05) is 78.9 Å². The van der Waals surface area contributed by atoms with Gasteiger partial charge in [-0.15, -0.1) is 10.2 Å². The third kappa shape index (κ3) is 4.83. The Morgan fingerprint density at radius 3 is 2.31 bits per heavy atom. The summed E-state index contributed by atoms with van der Waals surface area (Å²) in [6.45, 7) is 4.71. The predicted molar refractivity (Wildman–Crippen MR) is 159 cm³/mol. The topological polar surface area (TPSA) is 126 Å². The van der Waals surface area contributed by atoms with Gasteiger partial charge in [-0.05, 0) is 41.3 Å². The van der Waals surface area contributed by atoms with Crippen LogP contribution in [0, 0.1) is 6.92 Å². The average Bonchev–Trinajstić information content (AvgIpc) is 3.67. The van der Waals surface area contributed by atoms with Crippen molar-refractivity contribution < 1.29 is 4.74 Å². The number of tetrazole rings is 1. The molecule has 6 aromatic rings. The Bertz CT molecular complexity index is 1960. The van der Waals surface area contributed by atoms with Crippen LogP contribution in [0.25, 0.3) is 33.7 Å². The molecule has 0 amide bonds. The highest BCUT2D eigenvalue weighted by Crippen LogP contribution is 2.30. The molecule has 3 aromatic carbocycles. The van der Waals surface area contributed by atoms with Crippen LogP contribution < -0.4 is 11.2 Å². The van der Waals surface area contributed by atoms with Crippen LogP contribution in [0.2, 0.25) is 0 Å². The minimum Gasteiger partial charge on any atom is -0.383 e. The first-order chi connectivity index (χ1) is 20.5. The van der Waals surface area contributed by atoms with Gasteiger partial charge < -0.3 is 9.30 Å². The van der Waals surface area contributed by atoms with Crippen molar-refractivity contribution in [1.29, 1.82) is 0 Å². The number of H-pyrrole nitrogens is 1. The van der Waals surface area contributed by atoms with Gasteiger partial charge in [-0.2, -0.15) is 5.21 Å². The van der Waals surface area contributed by atoms with Gasteiger partial charge in [0.25, 0.3) is 5.56 Å². The minimum atomic E-state index is -0.466. The molecular weight excluding hydrogens is 532 g/mol. The fraction of sp³-hybridized carbons (Fsp3) is 0.226. The fourth-order valence-electron chi connectivity index (χ4n) is 5.35. The van der Waals surface area contributed by atoms with Gasteiger partial charge in [-0.25, -0.2) is 9.78 Å². The number of nitrogens with one attached hydrogen (secondary N) is 1. The lowest BCUT2D eigenvalue weighted by atomic mass is 9.98. The number of fused-ring (bicyclic) bond motifs is 1. The van der Waals surface area contributed by atoms with E-state index in [9.17, 15) is 9.59 Å². The van der Waals surface area contributed by atoms with Crippen LogP contribution in [-0.2, 0) is 17.8 Å². The van der Waals surface area contributed by atoms with Crippen LogP contribution in [0.3, 0.4) is 0 Å². The van der Waals surface area contributed by atoms with E-state index in [1.807, 2.05) is 97.3 Å². The number of benzene rings is 3. The molecule has 3 heterocycles. The van der Waals surface area contributed by atoms with Crippen molar-refractivity contribution in [3.63, 3.8) is 0 Å². The normalized spacial score (nSPS) is 12.2. The highest BCUT2D eigenvalue weighted by molar-refractivity contribution is 5.80. The van der Waals surface area contributed by atoms with Gasteiger partial charge in [0.2, 0.25) is 5.82 Å². The zero-order valence-corrected chi connectivity index (χ0v) is 23.6. The molecule has 1 atom stereocenters. The maximum Gasteiger partial charge on any atom is 0.333 e. The summed E-state index contributed by atoms with van der Waals surface area (Å²) < 4.78 is 10.0. The zero-order valence-electron chi connectivity index (χ0n) is 23.6. The Morgan fingerprint density at radius 2 is 1.62 bits per heavy atom. The molecule has 0 aliphatic rings. The van der Waals surface area contributed by atoms with Gasteiger partial charge >= 0.3 is 5.69 Å². The molecule has 212 valence electrons. The fourth-order valence-corrected chi connectivity index (χ4v) is 5.35. The predicted octanol–water partition coefficient (Wildman–Crippen LogP) is 3.82. The molecule has 3 aromatic heterocycles. The highest BCUT2D eigenvalue weighted by atomic mass is 16.5. The summed E-state index contributed by atoms with van der Waals surface area (Å²) >= 11 is 0. The van der Waals surface area contributed by atoms with E-state index in [1.165, 1.54) is 4.57 Å². The molecule has 11 nitrogen and oxygen atoms in total. The molecule has 0 radical (unpaired) electrons. The van der Waals surface area contributed by atoms with E-state index >= 15 is 0 Å². The van der Waals surface area contributed by atoms with Crippen LogP contribution in [0.4, 0.5) is 0 Å². The number of aromatic nitrogens is 8. The van der Waals surface area contributed by atoms with Crippen molar-refractivity contribution in [2.75, 3.05) is 13.7 Å². The molecule has 0 fully saturated rings. The second-order valence-corrected chi connectivity index (χ2v) is 10.1. The van der Waals surface area contributed by atoms with Crippen molar-refractivity contribution in [3.8, 4) is 22.5 Å². The average molecular weight is 563 g/mol. The molecule has 6 rings (SSSR count). The number of hydrogen-bond acceptors (Lipinski definition) is 7. The number of hydrogen-bond donors (Lipinski definition) is 1. The molecule has 11 heteroatoms. The SMILES string of the molecule is COCCn1c(=O)n(C(C)c2ccccc2)c(=O)c2c1nc(C)n2Cc1ccc(-c2ccccc2-c2nn[nH]n2)cc1.